The molecule has 0 bridgehead atoms. The molecule has 0 aromatic heterocycles. The maximum Gasteiger partial charge on any atom is 0.231 e. The molecule has 2 atom stereocenters. The van der Waals surface area contributed by atoms with E-state index in [-0.39, 0.29) is 5.92 Å². The van der Waals surface area contributed by atoms with Gasteiger partial charge < -0.3 is 0 Å². The fourth-order valence-corrected chi connectivity index (χ4v) is 0.676. The first kappa shape index (κ1) is 6.56. The van der Waals surface area contributed by atoms with Crippen molar-refractivity contribution in [2.75, 3.05) is 0 Å². The molecular formula is C9H13NO. The highest BCUT2D eigenvalue weighted by molar-refractivity contribution is 5.26. The molecular weight excluding hydrogens is 138 g/mol. The fraction of sp³-hybridized carbons (Fsp3) is 0.444. The van der Waals surface area contributed by atoms with Gasteiger partial charge in [0.25, 0.3) is 0 Å². The Hall–Kier alpha value is -1.14. The van der Waals surface area contributed by atoms with Crippen LogP contribution in [0.15, 0.2) is 24.3 Å². The van der Waals surface area contributed by atoms with Crippen molar-refractivity contribution in [3.63, 3.8) is 0 Å². The minimum atomic E-state index is -0.578. The highest BCUT2D eigenvalue weighted by Gasteiger charge is 2.05. The van der Waals surface area contributed by atoms with Gasteiger partial charge in [0.05, 0.1) is 1.37 Å². The molecule has 0 amide bonds. The molecule has 0 spiro atoms. The first-order valence-electron chi connectivity index (χ1n) is 4.35. The average Bonchev–Trinajstić information content (AvgIpc) is 2.01. The predicted octanol–water partition coefficient (Wildman–Crippen LogP) is 2.29. The van der Waals surface area contributed by atoms with Gasteiger partial charge in [-0.1, -0.05) is 38.1 Å². The summed E-state index contributed by atoms with van der Waals surface area (Å²) in [5.74, 6) is -0.552. The summed E-state index contributed by atoms with van der Waals surface area (Å²) in [5, 5.41) is 5.40. The maximum atomic E-state index is 8.35. The van der Waals surface area contributed by atoms with Crippen LogP contribution in [0, 0.1) is 17.2 Å². The third kappa shape index (κ3) is 4.29. The molecule has 0 radical (unpaired) electrons. The van der Waals surface area contributed by atoms with Crippen molar-refractivity contribution in [3.8, 4) is 0 Å². The largest absolute Gasteiger partial charge is 0.231 e. The standard InChI is InChI=1S/C8H12.CHNO/c1-7-5-3-4-6-8(7)2;2-1-3/h3-8H,1-2H3;2H/i5D,8D;. The van der Waals surface area contributed by atoms with Gasteiger partial charge in [-0.15, -0.1) is 0 Å². The zero-order chi connectivity index (χ0) is 10.5. The molecule has 0 aromatic carbocycles. The molecule has 0 aromatic rings. The molecule has 1 N–H and O–H groups in total. The molecule has 0 saturated heterocycles. The number of allylic oxidation sites excluding steroid dienone is 4. The first-order valence-corrected chi connectivity index (χ1v) is 3.35. The van der Waals surface area contributed by atoms with Crippen molar-refractivity contribution in [3.05, 3.63) is 24.3 Å². The van der Waals surface area contributed by atoms with Crippen molar-refractivity contribution >= 4 is 6.08 Å². The van der Waals surface area contributed by atoms with Crippen LogP contribution in [0.2, 0.25) is 0 Å². The van der Waals surface area contributed by atoms with Crippen LogP contribution in [0.4, 0.5) is 0 Å². The van der Waals surface area contributed by atoms with E-state index in [2.05, 4.69) is 0 Å². The Morgan fingerprint density at radius 2 is 2.18 bits per heavy atom. The van der Waals surface area contributed by atoms with Gasteiger partial charge in [0, 0.05) is 1.37 Å². The number of carbonyl (C=O) groups excluding carboxylic acids is 1. The fourth-order valence-electron chi connectivity index (χ4n) is 0.676. The van der Waals surface area contributed by atoms with Crippen molar-refractivity contribution in [1.29, 1.82) is 5.41 Å². The van der Waals surface area contributed by atoms with E-state index in [0.29, 0.717) is 6.05 Å². The Balaban J connectivity index is 0.000000424. The van der Waals surface area contributed by atoms with E-state index in [0.717, 1.165) is 6.08 Å². The third-order valence-electron chi connectivity index (χ3n) is 1.48. The molecule has 60 valence electrons. The van der Waals surface area contributed by atoms with Crippen LogP contribution in [-0.4, -0.2) is 6.08 Å². The summed E-state index contributed by atoms with van der Waals surface area (Å²) in [6, 6.07) is 0.556. The van der Waals surface area contributed by atoms with E-state index in [9.17, 15) is 0 Å². The van der Waals surface area contributed by atoms with Crippen LogP contribution in [0.25, 0.3) is 0 Å². The Bertz CT molecular complexity index is 263. The molecule has 0 fully saturated rings. The monoisotopic (exact) mass is 153 g/mol. The van der Waals surface area contributed by atoms with Crippen molar-refractivity contribution in [1.82, 2.24) is 0 Å². The molecule has 1 aliphatic carbocycles. The van der Waals surface area contributed by atoms with Gasteiger partial charge in [-0.3, -0.25) is 0 Å². The minimum absolute atomic E-state index is 0.0255. The lowest BCUT2D eigenvalue weighted by Crippen LogP contribution is -2.03. The number of isocyanates is 1. The summed E-state index contributed by atoms with van der Waals surface area (Å²) in [6.07, 6.45) is 6.12. The molecule has 2 nitrogen and oxygen atoms in total. The highest BCUT2D eigenvalue weighted by Crippen LogP contribution is 2.16. The van der Waals surface area contributed by atoms with Crippen LogP contribution in [0.1, 0.15) is 16.6 Å². The zero-order valence-electron chi connectivity index (χ0n) is 8.72. The van der Waals surface area contributed by atoms with Gasteiger partial charge in [-0.25, -0.2) is 10.2 Å². The summed E-state index contributed by atoms with van der Waals surface area (Å²) in [7, 11) is 0. The SMILES string of the molecule is N=C=O.[2H]C1=CC=CC([2H])(C)C1C. The second-order valence-electron chi connectivity index (χ2n) is 2.26. The van der Waals surface area contributed by atoms with E-state index in [1.54, 1.807) is 12.2 Å². The normalized spacial score (nSPS) is 36.9. The first-order chi connectivity index (χ1) is 5.95. The topological polar surface area (TPSA) is 40.9 Å². The Kier molecular flexibility index (Phi) is 3.36. The van der Waals surface area contributed by atoms with Crippen LogP contribution >= 0.6 is 0 Å². The smallest absolute Gasteiger partial charge is 0.222 e. The molecule has 0 heterocycles. The lowest BCUT2D eigenvalue weighted by molar-refractivity contribution is 0.552. The summed E-state index contributed by atoms with van der Waals surface area (Å²) >= 11 is 0. The lowest BCUT2D eigenvalue weighted by Gasteiger charge is -2.13. The van der Waals surface area contributed by atoms with Crippen molar-refractivity contribution < 1.29 is 7.54 Å². The van der Waals surface area contributed by atoms with Crippen molar-refractivity contribution in [2.24, 2.45) is 11.8 Å². The predicted molar refractivity (Wildman–Crippen MR) is 45.0 cm³/mol. The Labute approximate surface area is 69.9 Å². The summed E-state index contributed by atoms with van der Waals surface area (Å²) in [5.41, 5.74) is 0. The van der Waals surface area contributed by atoms with E-state index in [1.165, 1.54) is 0 Å². The quantitative estimate of drug-likeness (QED) is 0.421. The summed E-state index contributed by atoms with van der Waals surface area (Å²) in [4.78, 5) is 8.35. The van der Waals surface area contributed by atoms with Gasteiger partial charge in [-0.05, 0) is 11.8 Å². The van der Waals surface area contributed by atoms with Crippen LogP contribution < -0.4 is 0 Å². The second kappa shape index (κ2) is 5.63. The summed E-state index contributed by atoms with van der Waals surface area (Å²) in [6.45, 7) is 3.74. The highest BCUT2D eigenvalue weighted by atomic mass is 16.1. The molecule has 2 heteroatoms. The number of hydrogen-bond acceptors (Lipinski definition) is 2. The molecule has 1 aliphatic rings. The van der Waals surface area contributed by atoms with Crippen LogP contribution in [0.3, 0.4) is 0 Å². The minimum Gasteiger partial charge on any atom is -0.222 e. The summed E-state index contributed by atoms with van der Waals surface area (Å²) < 4.78 is 15.1. The molecule has 0 saturated carbocycles. The van der Waals surface area contributed by atoms with Gasteiger partial charge in [0.1, 0.15) is 0 Å². The maximum absolute atomic E-state index is 8.35. The molecule has 2 unspecified atom stereocenters. The Morgan fingerprint density at radius 1 is 1.64 bits per heavy atom. The molecule has 1 rings (SSSR count). The van der Waals surface area contributed by atoms with E-state index < -0.39 is 5.89 Å². The van der Waals surface area contributed by atoms with E-state index in [4.69, 9.17) is 12.9 Å². The second-order valence-corrected chi connectivity index (χ2v) is 2.26. The van der Waals surface area contributed by atoms with Gasteiger partial charge in [-0.2, -0.15) is 0 Å². The molecule has 11 heavy (non-hydrogen) atoms. The lowest BCUT2D eigenvalue weighted by atomic mass is 9.92. The van der Waals surface area contributed by atoms with Gasteiger partial charge in [0.15, 0.2) is 0 Å². The van der Waals surface area contributed by atoms with Crippen molar-refractivity contribution in [2.45, 2.75) is 13.8 Å². The zero-order valence-corrected chi connectivity index (χ0v) is 6.72. The van der Waals surface area contributed by atoms with Crippen LogP contribution in [-0.2, 0) is 4.79 Å². The van der Waals surface area contributed by atoms with E-state index in [1.807, 2.05) is 19.9 Å². The van der Waals surface area contributed by atoms with Crippen LogP contribution in [0.5, 0.6) is 0 Å². The third-order valence-corrected chi connectivity index (χ3v) is 1.48. The Morgan fingerprint density at radius 3 is 2.55 bits per heavy atom. The van der Waals surface area contributed by atoms with Gasteiger partial charge >= 0.3 is 0 Å². The van der Waals surface area contributed by atoms with Gasteiger partial charge in [0.2, 0.25) is 6.08 Å². The number of nitrogens with one attached hydrogen (secondary N) is 1. The molecule has 0 aliphatic heterocycles. The van der Waals surface area contributed by atoms with E-state index >= 15 is 0 Å². The number of hydrogen-bond donors (Lipinski definition) is 1. The average molecular weight is 153 g/mol. The number of rotatable bonds is 0.